The molecule has 0 radical (unpaired) electrons. The molecule has 1 aliphatic carbocycles. The first-order valence-corrected chi connectivity index (χ1v) is 6.93. The van der Waals surface area contributed by atoms with Crippen LogP contribution in [0, 0.1) is 5.92 Å². The average molecular weight is 300 g/mol. The molecule has 2 rings (SSSR count). The van der Waals surface area contributed by atoms with Crippen LogP contribution in [0.3, 0.4) is 0 Å². The first-order valence-electron chi connectivity index (χ1n) is 6.14. The zero-order valence-corrected chi connectivity index (χ0v) is 11.8. The summed E-state index contributed by atoms with van der Waals surface area (Å²) in [5.41, 5.74) is 0.752. The Balaban J connectivity index is 2.17. The van der Waals surface area contributed by atoms with Crippen LogP contribution < -0.4 is 10.9 Å². The lowest BCUT2D eigenvalue weighted by Gasteiger charge is -2.15. The largest absolute Gasteiger partial charge is 0.380 e. The van der Waals surface area contributed by atoms with Gasteiger partial charge in [0, 0.05) is 12.6 Å². The van der Waals surface area contributed by atoms with E-state index < -0.39 is 0 Å². The SMILES string of the molecule is CCn1ncc(NC2CCC(C)C2)c(Br)c1=O. The number of rotatable bonds is 3. The number of nitrogens with one attached hydrogen (secondary N) is 1. The van der Waals surface area contributed by atoms with Crippen LogP contribution in [0.15, 0.2) is 15.5 Å². The molecule has 1 fully saturated rings. The fourth-order valence-corrected chi connectivity index (χ4v) is 2.77. The number of aryl methyl sites for hydroxylation is 1. The lowest BCUT2D eigenvalue weighted by atomic mass is 10.1. The van der Waals surface area contributed by atoms with E-state index in [9.17, 15) is 4.79 Å². The summed E-state index contributed by atoms with van der Waals surface area (Å²) in [7, 11) is 0. The molecule has 1 N–H and O–H groups in total. The Hall–Kier alpha value is -0.840. The average Bonchev–Trinajstić information content (AvgIpc) is 2.71. The van der Waals surface area contributed by atoms with Crippen molar-refractivity contribution in [3.8, 4) is 0 Å². The maximum absolute atomic E-state index is 11.9. The van der Waals surface area contributed by atoms with Gasteiger partial charge in [-0.1, -0.05) is 6.92 Å². The van der Waals surface area contributed by atoms with Crippen LogP contribution in [0.1, 0.15) is 33.1 Å². The summed E-state index contributed by atoms with van der Waals surface area (Å²) < 4.78 is 2.04. The normalized spacial score (nSPS) is 23.9. The summed E-state index contributed by atoms with van der Waals surface area (Å²) in [6.45, 7) is 4.77. The molecule has 0 saturated heterocycles. The maximum atomic E-state index is 11.9. The van der Waals surface area contributed by atoms with Crippen LogP contribution in [-0.2, 0) is 6.54 Å². The lowest BCUT2D eigenvalue weighted by molar-refractivity contribution is 0.599. The van der Waals surface area contributed by atoms with Crippen molar-refractivity contribution in [3.05, 3.63) is 21.0 Å². The van der Waals surface area contributed by atoms with Crippen molar-refractivity contribution in [3.63, 3.8) is 0 Å². The van der Waals surface area contributed by atoms with E-state index in [0.717, 1.165) is 11.6 Å². The fourth-order valence-electron chi connectivity index (χ4n) is 2.35. The third-order valence-electron chi connectivity index (χ3n) is 3.34. The smallest absolute Gasteiger partial charge is 0.283 e. The second-order valence-electron chi connectivity index (χ2n) is 4.75. The molecular formula is C12H18BrN3O. The highest BCUT2D eigenvalue weighted by Gasteiger charge is 2.22. The highest BCUT2D eigenvalue weighted by Crippen LogP contribution is 2.28. The van der Waals surface area contributed by atoms with Gasteiger partial charge in [0.05, 0.1) is 11.9 Å². The molecule has 1 aliphatic rings. The van der Waals surface area contributed by atoms with Crippen LogP contribution in [-0.4, -0.2) is 15.8 Å². The van der Waals surface area contributed by atoms with Gasteiger partial charge in [-0.3, -0.25) is 4.79 Å². The summed E-state index contributed by atoms with van der Waals surface area (Å²) in [6, 6.07) is 0.472. The van der Waals surface area contributed by atoms with Crippen molar-refractivity contribution in [2.75, 3.05) is 5.32 Å². The van der Waals surface area contributed by atoms with E-state index in [-0.39, 0.29) is 5.56 Å². The van der Waals surface area contributed by atoms with Gasteiger partial charge in [0.25, 0.3) is 5.56 Å². The third-order valence-corrected chi connectivity index (χ3v) is 4.11. The predicted octanol–water partition coefficient (Wildman–Crippen LogP) is 2.63. The Bertz CT molecular complexity index is 458. The maximum Gasteiger partial charge on any atom is 0.283 e. The van der Waals surface area contributed by atoms with E-state index in [2.05, 4.69) is 33.3 Å². The molecule has 5 heteroatoms. The topological polar surface area (TPSA) is 46.9 Å². The standard InChI is InChI=1S/C12H18BrN3O/c1-3-16-12(17)11(13)10(7-14-16)15-9-5-4-8(2)6-9/h7-9,15H,3-6H2,1-2H3. The molecule has 0 spiro atoms. The molecule has 1 aromatic rings. The number of aromatic nitrogens is 2. The second-order valence-corrected chi connectivity index (χ2v) is 5.55. The monoisotopic (exact) mass is 299 g/mol. The van der Waals surface area contributed by atoms with Gasteiger partial charge in [-0.25, -0.2) is 4.68 Å². The molecule has 2 atom stereocenters. The molecule has 0 aromatic carbocycles. The van der Waals surface area contributed by atoms with Gasteiger partial charge in [0.15, 0.2) is 0 Å². The summed E-state index contributed by atoms with van der Waals surface area (Å²) >= 11 is 3.36. The van der Waals surface area contributed by atoms with Crippen molar-refractivity contribution >= 4 is 21.6 Å². The number of hydrogen-bond donors (Lipinski definition) is 1. The zero-order valence-electron chi connectivity index (χ0n) is 10.2. The summed E-state index contributed by atoms with van der Waals surface area (Å²) in [5, 5.41) is 7.54. The molecule has 1 heterocycles. The lowest BCUT2D eigenvalue weighted by Crippen LogP contribution is -2.25. The number of nitrogens with zero attached hydrogens (tertiary/aromatic N) is 2. The molecule has 4 nitrogen and oxygen atoms in total. The minimum Gasteiger partial charge on any atom is -0.380 e. The van der Waals surface area contributed by atoms with Gasteiger partial charge in [0.1, 0.15) is 4.47 Å². The predicted molar refractivity (Wildman–Crippen MR) is 72.3 cm³/mol. The second kappa shape index (κ2) is 5.21. The molecule has 1 saturated carbocycles. The fraction of sp³-hybridized carbons (Fsp3) is 0.667. The van der Waals surface area contributed by atoms with E-state index in [1.807, 2.05) is 6.92 Å². The molecule has 0 bridgehead atoms. The van der Waals surface area contributed by atoms with Crippen molar-refractivity contribution in [1.82, 2.24) is 9.78 Å². The van der Waals surface area contributed by atoms with Gasteiger partial charge in [0.2, 0.25) is 0 Å². The van der Waals surface area contributed by atoms with E-state index in [0.29, 0.717) is 17.1 Å². The van der Waals surface area contributed by atoms with E-state index in [4.69, 9.17) is 0 Å². The molecule has 94 valence electrons. The van der Waals surface area contributed by atoms with Crippen molar-refractivity contribution in [1.29, 1.82) is 0 Å². The van der Waals surface area contributed by atoms with Crippen LogP contribution >= 0.6 is 15.9 Å². The number of halogens is 1. The minimum atomic E-state index is -0.0662. The van der Waals surface area contributed by atoms with Crippen LogP contribution in [0.2, 0.25) is 0 Å². The number of hydrogen-bond acceptors (Lipinski definition) is 3. The summed E-state index contributed by atoms with van der Waals surface area (Å²) in [4.78, 5) is 11.9. The van der Waals surface area contributed by atoms with Crippen molar-refractivity contribution in [2.45, 2.75) is 45.7 Å². The Morgan fingerprint density at radius 2 is 2.35 bits per heavy atom. The molecule has 0 aliphatic heterocycles. The molecule has 1 aromatic heterocycles. The molecular weight excluding hydrogens is 282 g/mol. The van der Waals surface area contributed by atoms with Gasteiger partial charge < -0.3 is 5.32 Å². The van der Waals surface area contributed by atoms with Crippen molar-refractivity contribution < 1.29 is 0 Å². The highest BCUT2D eigenvalue weighted by molar-refractivity contribution is 9.10. The first kappa shape index (κ1) is 12.6. The van der Waals surface area contributed by atoms with Crippen LogP contribution in [0.4, 0.5) is 5.69 Å². The van der Waals surface area contributed by atoms with Crippen LogP contribution in [0.5, 0.6) is 0 Å². The number of anilines is 1. The van der Waals surface area contributed by atoms with Gasteiger partial charge >= 0.3 is 0 Å². The first-order chi connectivity index (χ1) is 8.11. The zero-order chi connectivity index (χ0) is 12.4. The minimum absolute atomic E-state index is 0.0662. The molecule has 2 unspecified atom stereocenters. The molecule has 17 heavy (non-hydrogen) atoms. The summed E-state index contributed by atoms with van der Waals surface area (Å²) in [6.07, 6.45) is 5.33. The Labute approximate surface area is 110 Å². The third kappa shape index (κ3) is 2.70. The quantitative estimate of drug-likeness (QED) is 0.933. The van der Waals surface area contributed by atoms with E-state index in [1.165, 1.54) is 23.9 Å². The van der Waals surface area contributed by atoms with Gasteiger partial charge in [-0.15, -0.1) is 0 Å². The van der Waals surface area contributed by atoms with Crippen LogP contribution in [0.25, 0.3) is 0 Å². The van der Waals surface area contributed by atoms with Crippen molar-refractivity contribution in [2.24, 2.45) is 5.92 Å². The summed E-state index contributed by atoms with van der Waals surface area (Å²) in [5.74, 6) is 0.773. The Morgan fingerprint density at radius 3 is 2.94 bits per heavy atom. The highest BCUT2D eigenvalue weighted by atomic mass is 79.9. The van der Waals surface area contributed by atoms with Gasteiger partial charge in [-0.2, -0.15) is 5.10 Å². The Kier molecular flexibility index (Phi) is 3.86. The van der Waals surface area contributed by atoms with E-state index >= 15 is 0 Å². The Morgan fingerprint density at radius 1 is 1.59 bits per heavy atom. The molecule has 0 amide bonds. The van der Waals surface area contributed by atoms with Gasteiger partial charge in [-0.05, 0) is 48.0 Å². The van der Waals surface area contributed by atoms with E-state index in [1.54, 1.807) is 6.20 Å².